The summed E-state index contributed by atoms with van der Waals surface area (Å²) in [7, 11) is -1.48. The lowest BCUT2D eigenvalue weighted by Crippen LogP contribution is -2.46. The normalized spacial score (nSPS) is 17.3. The van der Waals surface area contributed by atoms with Crippen LogP contribution in [0, 0.1) is 5.41 Å². The molecule has 1 amide bonds. The Morgan fingerprint density at radius 1 is 1.19 bits per heavy atom. The molecule has 1 aliphatic rings. The van der Waals surface area contributed by atoms with Gasteiger partial charge < -0.3 is 10.2 Å². The van der Waals surface area contributed by atoms with Gasteiger partial charge in [-0.1, -0.05) is 27.7 Å². The third-order valence-electron chi connectivity index (χ3n) is 4.94. The minimum atomic E-state index is -3.55. The molecule has 0 aromatic heterocycles. The Kier molecular flexibility index (Phi) is 7.05. The summed E-state index contributed by atoms with van der Waals surface area (Å²) in [4.78, 5) is 14.6. The predicted molar refractivity (Wildman–Crippen MR) is 109 cm³/mol. The smallest absolute Gasteiger partial charge is 0.243 e. The standard InChI is InChI=1S/C20H33N3O3S/c1-6-13-23(17-11-14-22(5)15-12-17)27(25,26)18-9-7-16(8-10-18)21-19(24)20(2,3)4/h7-10,17H,6,11-15H2,1-5H3,(H,21,24). The zero-order valence-corrected chi connectivity index (χ0v) is 18.0. The summed E-state index contributed by atoms with van der Waals surface area (Å²) in [5.41, 5.74) is 0.104. The molecule has 0 saturated carbocycles. The number of hydrogen-bond donors (Lipinski definition) is 1. The van der Waals surface area contributed by atoms with Crippen LogP contribution in [-0.4, -0.2) is 56.3 Å². The number of nitrogens with one attached hydrogen (secondary N) is 1. The fourth-order valence-electron chi connectivity index (χ4n) is 3.17. The molecule has 7 heteroatoms. The molecule has 1 saturated heterocycles. The third-order valence-corrected chi connectivity index (χ3v) is 6.91. The van der Waals surface area contributed by atoms with Crippen molar-refractivity contribution in [3.05, 3.63) is 24.3 Å². The van der Waals surface area contributed by atoms with Crippen molar-refractivity contribution >= 4 is 21.6 Å². The summed E-state index contributed by atoms with van der Waals surface area (Å²) in [6.45, 7) is 9.88. The largest absolute Gasteiger partial charge is 0.326 e. The Bertz CT molecular complexity index is 731. The van der Waals surface area contributed by atoms with Crippen molar-refractivity contribution in [2.75, 3.05) is 32.0 Å². The van der Waals surface area contributed by atoms with Crippen LogP contribution in [0.25, 0.3) is 0 Å². The number of rotatable bonds is 6. The van der Waals surface area contributed by atoms with Gasteiger partial charge in [0, 0.05) is 23.7 Å². The van der Waals surface area contributed by atoms with Crippen LogP contribution in [0.15, 0.2) is 29.2 Å². The molecule has 1 aromatic carbocycles. The molecule has 1 N–H and O–H groups in total. The number of nitrogens with zero attached hydrogens (tertiary/aromatic N) is 2. The SMILES string of the molecule is CCCN(C1CCN(C)CC1)S(=O)(=O)c1ccc(NC(=O)C(C)(C)C)cc1. The summed E-state index contributed by atoms with van der Waals surface area (Å²) >= 11 is 0. The highest BCUT2D eigenvalue weighted by Gasteiger charge is 2.32. The number of piperidine rings is 1. The maximum absolute atomic E-state index is 13.2. The van der Waals surface area contributed by atoms with Crippen LogP contribution >= 0.6 is 0 Å². The van der Waals surface area contributed by atoms with E-state index in [2.05, 4.69) is 17.3 Å². The number of hydrogen-bond acceptors (Lipinski definition) is 4. The maximum Gasteiger partial charge on any atom is 0.243 e. The molecule has 0 atom stereocenters. The van der Waals surface area contributed by atoms with E-state index in [0.29, 0.717) is 12.2 Å². The lowest BCUT2D eigenvalue weighted by atomic mass is 9.95. The van der Waals surface area contributed by atoms with Crippen molar-refractivity contribution in [2.45, 2.75) is 57.9 Å². The van der Waals surface area contributed by atoms with E-state index < -0.39 is 15.4 Å². The van der Waals surface area contributed by atoms with Crippen LogP contribution in [-0.2, 0) is 14.8 Å². The number of likely N-dealkylation sites (tertiary alicyclic amines) is 1. The second-order valence-electron chi connectivity index (χ2n) is 8.38. The average molecular weight is 396 g/mol. The summed E-state index contributed by atoms with van der Waals surface area (Å²) < 4.78 is 28.1. The van der Waals surface area contributed by atoms with E-state index >= 15 is 0 Å². The highest BCUT2D eigenvalue weighted by molar-refractivity contribution is 7.89. The van der Waals surface area contributed by atoms with E-state index in [-0.39, 0.29) is 16.8 Å². The van der Waals surface area contributed by atoms with E-state index in [4.69, 9.17) is 0 Å². The molecule has 2 rings (SSSR count). The monoisotopic (exact) mass is 395 g/mol. The van der Waals surface area contributed by atoms with Gasteiger partial charge >= 0.3 is 0 Å². The van der Waals surface area contributed by atoms with Crippen LogP contribution in [0.5, 0.6) is 0 Å². The molecule has 6 nitrogen and oxygen atoms in total. The van der Waals surface area contributed by atoms with Crippen molar-refractivity contribution in [1.82, 2.24) is 9.21 Å². The molecule has 0 unspecified atom stereocenters. The van der Waals surface area contributed by atoms with Crippen molar-refractivity contribution in [1.29, 1.82) is 0 Å². The topological polar surface area (TPSA) is 69.7 Å². The molecule has 0 bridgehead atoms. The van der Waals surface area contributed by atoms with Crippen LogP contribution in [0.4, 0.5) is 5.69 Å². The highest BCUT2D eigenvalue weighted by atomic mass is 32.2. The highest BCUT2D eigenvalue weighted by Crippen LogP contribution is 2.26. The van der Waals surface area contributed by atoms with E-state index in [0.717, 1.165) is 32.4 Å². The van der Waals surface area contributed by atoms with Crippen LogP contribution in [0.1, 0.15) is 47.0 Å². The van der Waals surface area contributed by atoms with Crippen molar-refractivity contribution in [2.24, 2.45) is 5.41 Å². The van der Waals surface area contributed by atoms with Gasteiger partial charge in [-0.25, -0.2) is 8.42 Å². The molecule has 0 aliphatic carbocycles. The lowest BCUT2D eigenvalue weighted by Gasteiger charge is -2.36. The predicted octanol–water partition coefficient (Wildman–Crippen LogP) is 3.17. The molecule has 0 radical (unpaired) electrons. The van der Waals surface area contributed by atoms with Crippen molar-refractivity contribution < 1.29 is 13.2 Å². The van der Waals surface area contributed by atoms with Gasteiger partial charge in [-0.05, 0) is 63.7 Å². The molecule has 1 heterocycles. The van der Waals surface area contributed by atoms with Crippen LogP contribution in [0.3, 0.4) is 0 Å². The van der Waals surface area contributed by atoms with Gasteiger partial charge in [-0.15, -0.1) is 0 Å². The van der Waals surface area contributed by atoms with Gasteiger partial charge in [0.1, 0.15) is 0 Å². The quantitative estimate of drug-likeness (QED) is 0.803. The van der Waals surface area contributed by atoms with E-state index in [1.807, 2.05) is 27.7 Å². The first-order valence-corrected chi connectivity index (χ1v) is 11.1. The minimum Gasteiger partial charge on any atom is -0.326 e. The fourth-order valence-corrected chi connectivity index (χ4v) is 4.94. The Morgan fingerprint density at radius 2 is 1.74 bits per heavy atom. The Labute approximate surface area is 164 Å². The number of carbonyl (C=O) groups excluding carboxylic acids is 1. The molecule has 1 aliphatic heterocycles. The first-order valence-electron chi connectivity index (χ1n) is 9.67. The van der Waals surface area contributed by atoms with Crippen LogP contribution < -0.4 is 5.32 Å². The summed E-state index contributed by atoms with van der Waals surface area (Å²) in [5.74, 6) is -0.1000. The summed E-state index contributed by atoms with van der Waals surface area (Å²) in [5, 5.41) is 2.83. The Morgan fingerprint density at radius 3 is 2.22 bits per heavy atom. The Balaban J connectivity index is 2.19. The van der Waals surface area contributed by atoms with Crippen molar-refractivity contribution in [3.8, 4) is 0 Å². The van der Waals surface area contributed by atoms with Crippen molar-refractivity contribution in [3.63, 3.8) is 0 Å². The van der Waals surface area contributed by atoms with Crippen LogP contribution in [0.2, 0.25) is 0 Å². The number of benzene rings is 1. The van der Waals surface area contributed by atoms with E-state index in [1.165, 1.54) is 0 Å². The fraction of sp³-hybridized carbons (Fsp3) is 0.650. The van der Waals surface area contributed by atoms with Gasteiger partial charge in [0.25, 0.3) is 0 Å². The zero-order chi connectivity index (χ0) is 20.2. The minimum absolute atomic E-state index is 0.0476. The number of carbonyl (C=O) groups is 1. The maximum atomic E-state index is 13.2. The number of sulfonamides is 1. The molecule has 1 aromatic rings. The van der Waals surface area contributed by atoms with E-state index in [1.54, 1.807) is 28.6 Å². The average Bonchev–Trinajstić information content (AvgIpc) is 2.60. The van der Waals surface area contributed by atoms with Gasteiger partial charge in [-0.2, -0.15) is 4.31 Å². The second-order valence-corrected chi connectivity index (χ2v) is 10.3. The molecular weight excluding hydrogens is 362 g/mol. The first-order chi connectivity index (χ1) is 12.6. The molecule has 27 heavy (non-hydrogen) atoms. The Hall–Kier alpha value is -1.44. The summed E-state index contributed by atoms with van der Waals surface area (Å²) in [6, 6.07) is 6.55. The van der Waals surface area contributed by atoms with Gasteiger partial charge in [0.05, 0.1) is 4.90 Å². The molecule has 0 spiro atoms. The van der Waals surface area contributed by atoms with E-state index in [9.17, 15) is 13.2 Å². The molecule has 1 fully saturated rings. The molecular formula is C20H33N3O3S. The first kappa shape index (κ1) is 21.9. The van der Waals surface area contributed by atoms with Gasteiger partial charge in [-0.3, -0.25) is 4.79 Å². The zero-order valence-electron chi connectivity index (χ0n) is 17.2. The number of anilines is 1. The second kappa shape index (κ2) is 8.71. The number of amides is 1. The summed E-state index contributed by atoms with van der Waals surface area (Å²) in [6.07, 6.45) is 2.50. The van der Waals surface area contributed by atoms with Gasteiger partial charge in [0.15, 0.2) is 0 Å². The third kappa shape index (κ3) is 5.53. The lowest BCUT2D eigenvalue weighted by molar-refractivity contribution is -0.123. The molecule has 152 valence electrons. The van der Waals surface area contributed by atoms with Gasteiger partial charge in [0.2, 0.25) is 15.9 Å².